The van der Waals surface area contributed by atoms with Gasteiger partial charge >= 0.3 is 0 Å². The fourth-order valence-electron chi connectivity index (χ4n) is 1.70. The summed E-state index contributed by atoms with van der Waals surface area (Å²) in [7, 11) is 1.78. The summed E-state index contributed by atoms with van der Waals surface area (Å²) in [5.41, 5.74) is 0.946. The van der Waals surface area contributed by atoms with E-state index in [2.05, 4.69) is 6.92 Å². The highest BCUT2D eigenvalue weighted by Crippen LogP contribution is 2.09. The molecule has 0 aliphatic carbocycles. The first-order valence-electron chi connectivity index (χ1n) is 6.00. The lowest BCUT2D eigenvalue weighted by Gasteiger charge is -2.17. The first kappa shape index (κ1) is 13.4. The number of aldehydes is 1. The quantitative estimate of drug-likeness (QED) is 0.559. The van der Waals surface area contributed by atoms with Gasteiger partial charge in [-0.25, -0.2) is 0 Å². The second-order valence-corrected chi connectivity index (χ2v) is 4.14. The van der Waals surface area contributed by atoms with Crippen LogP contribution in [0, 0.1) is 0 Å². The average molecular weight is 233 g/mol. The molecule has 0 aromatic heterocycles. The van der Waals surface area contributed by atoms with E-state index in [1.54, 1.807) is 36.2 Å². The lowest BCUT2D eigenvalue weighted by molar-refractivity contribution is 0.0789. The summed E-state index contributed by atoms with van der Waals surface area (Å²) in [6, 6.07) is 6.90. The molecule has 0 radical (unpaired) electrons. The van der Waals surface area contributed by atoms with Crippen molar-refractivity contribution in [2.24, 2.45) is 0 Å². The molecular weight excluding hydrogens is 214 g/mol. The van der Waals surface area contributed by atoms with Crippen molar-refractivity contribution >= 4 is 12.2 Å². The van der Waals surface area contributed by atoms with Crippen molar-refractivity contribution in [2.75, 3.05) is 13.6 Å². The Balaban J connectivity index is 2.71. The van der Waals surface area contributed by atoms with Gasteiger partial charge in [-0.05, 0) is 12.5 Å². The third-order valence-corrected chi connectivity index (χ3v) is 2.76. The van der Waals surface area contributed by atoms with Crippen LogP contribution in [0.15, 0.2) is 24.3 Å². The minimum absolute atomic E-state index is 0.0798. The monoisotopic (exact) mass is 233 g/mol. The standard InChI is InChI=1S/C14H19NO2/c1-3-4-7-10-15(2)14(17)13-9-6-5-8-12(13)11-16/h5-6,8-9,11H,3-4,7,10H2,1-2H3. The van der Waals surface area contributed by atoms with Crippen LogP contribution in [0.4, 0.5) is 0 Å². The predicted octanol–water partition coefficient (Wildman–Crippen LogP) is 2.76. The van der Waals surface area contributed by atoms with Gasteiger partial charge in [-0.2, -0.15) is 0 Å². The maximum atomic E-state index is 12.1. The maximum Gasteiger partial charge on any atom is 0.254 e. The van der Waals surface area contributed by atoms with E-state index in [1.165, 1.54) is 0 Å². The molecule has 0 aliphatic rings. The van der Waals surface area contributed by atoms with E-state index in [9.17, 15) is 9.59 Å². The summed E-state index contributed by atoms with van der Waals surface area (Å²) >= 11 is 0. The molecule has 0 heterocycles. The number of carbonyl (C=O) groups excluding carboxylic acids is 2. The SMILES string of the molecule is CCCCCN(C)C(=O)c1ccccc1C=O. The Morgan fingerprint density at radius 3 is 2.65 bits per heavy atom. The largest absolute Gasteiger partial charge is 0.342 e. The van der Waals surface area contributed by atoms with E-state index in [1.807, 2.05) is 0 Å². The molecule has 0 saturated carbocycles. The Morgan fingerprint density at radius 1 is 1.29 bits per heavy atom. The number of rotatable bonds is 6. The molecule has 1 amide bonds. The Morgan fingerprint density at radius 2 is 2.00 bits per heavy atom. The summed E-state index contributed by atoms with van der Waals surface area (Å²) in [6.07, 6.45) is 3.98. The minimum atomic E-state index is -0.0798. The highest BCUT2D eigenvalue weighted by Gasteiger charge is 2.14. The molecule has 0 spiro atoms. The molecule has 0 saturated heterocycles. The molecule has 0 N–H and O–H groups in total. The van der Waals surface area contributed by atoms with Gasteiger partial charge < -0.3 is 4.90 Å². The molecule has 17 heavy (non-hydrogen) atoms. The molecule has 1 aromatic rings. The molecule has 0 aliphatic heterocycles. The normalized spacial score (nSPS) is 10.0. The van der Waals surface area contributed by atoms with Crippen LogP contribution in [0.2, 0.25) is 0 Å². The Labute approximate surface area is 102 Å². The molecule has 0 bridgehead atoms. The van der Waals surface area contributed by atoms with Gasteiger partial charge in [0.15, 0.2) is 6.29 Å². The first-order chi connectivity index (χ1) is 8.20. The van der Waals surface area contributed by atoms with E-state index in [0.29, 0.717) is 11.1 Å². The van der Waals surface area contributed by atoms with Crippen molar-refractivity contribution in [3.8, 4) is 0 Å². The number of benzene rings is 1. The molecule has 0 unspecified atom stereocenters. The van der Waals surface area contributed by atoms with Crippen molar-refractivity contribution in [1.29, 1.82) is 0 Å². The Bertz CT molecular complexity index is 388. The van der Waals surface area contributed by atoms with Crippen LogP contribution in [-0.2, 0) is 0 Å². The van der Waals surface area contributed by atoms with Crippen LogP contribution in [0.25, 0.3) is 0 Å². The topological polar surface area (TPSA) is 37.4 Å². The highest BCUT2D eigenvalue weighted by atomic mass is 16.2. The van der Waals surface area contributed by atoms with Gasteiger partial charge in [-0.3, -0.25) is 9.59 Å². The van der Waals surface area contributed by atoms with Crippen molar-refractivity contribution in [3.63, 3.8) is 0 Å². The molecular formula is C14H19NO2. The van der Waals surface area contributed by atoms with Gasteiger partial charge in [-0.15, -0.1) is 0 Å². The van der Waals surface area contributed by atoms with Crippen LogP contribution >= 0.6 is 0 Å². The maximum absolute atomic E-state index is 12.1. The fourth-order valence-corrected chi connectivity index (χ4v) is 1.70. The number of hydrogen-bond donors (Lipinski definition) is 0. The molecule has 1 rings (SSSR count). The second-order valence-electron chi connectivity index (χ2n) is 4.14. The lowest BCUT2D eigenvalue weighted by atomic mass is 10.1. The van der Waals surface area contributed by atoms with Crippen molar-refractivity contribution in [2.45, 2.75) is 26.2 Å². The lowest BCUT2D eigenvalue weighted by Crippen LogP contribution is -2.28. The average Bonchev–Trinajstić information content (AvgIpc) is 2.38. The summed E-state index contributed by atoms with van der Waals surface area (Å²) < 4.78 is 0. The van der Waals surface area contributed by atoms with E-state index < -0.39 is 0 Å². The Hall–Kier alpha value is -1.64. The van der Waals surface area contributed by atoms with Crippen LogP contribution < -0.4 is 0 Å². The number of carbonyl (C=O) groups is 2. The summed E-state index contributed by atoms with van der Waals surface area (Å²) in [4.78, 5) is 24.6. The minimum Gasteiger partial charge on any atom is -0.342 e. The van der Waals surface area contributed by atoms with Crippen LogP contribution in [0.5, 0.6) is 0 Å². The molecule has 0 fully saturated rings. The van der Waals surface area contributed by atoms with Gasteiger partial charge in [0.25, 0.3) is 5.91 Å². The number of nitrogens with zero attached hydrogens (tertiary/aromatic N) is 1. The van der Waals surface area contributed by atoms with Gasteiger partial charge in [-0.1, -0.05) is 38.0 Å². The van der Waals surface area contributed by atoms with Crippen molar-refractivity contribution in [1.82, 2.24) is 4.90 Å². The molecule has 0 atom stereocenters. The molecule has 92 valence electrons. The van der Waals surface area contributed by atoms with Crippen molar-refractivity contribution < 1.29 is 9.59 Å². The first-order valence-corrected chi connectivity index (χ1v) is 6.00. The van der Waals surface area contributed by atoms with E-state index in [4.69, 9.17) is 0 Å². The van der Waals surface area contributed by atoms with Gasteiger partial charge in [0.05, 0.1) is 5.56 Å². The Kier molecular flexibility index (Phi) is 5.40. The molecule has 3 heteroatoms. The van der Waals surface area contributed by atoms with E-state index in [0.717, 1.165) is 32.1 Å². The fraction of sp³-hybridized carbons (Fsp3) is 0.429. The molecule has 1 aromatic carbocycles. The third-order valence-electron chi connectivity index (χ3n) is 2.76. The number of amides is 1. The van der Waals surface area contributed by atoms with Gasteiger partial charge in [0.1, 0.15) is 0 Å². The zero-order valence-electron chi connectivity index (χ0n) is 10.5. The zero-order valence-corrected chi connectivity index (χ0v) is 10.5. The number of unbranched alkanes of at least 4 members (excludes halogenated alkanes) is 2. The van der Waals surface area contributed by atoms with Crippen LogP contribution in [0.3, 0.4) is 0 Å². The third kappa shape index (κ3) is 3.70. The van der Waals surface area contributed by atoms with Gasteiger partial charge in [0.2, 0.25) is 0 Å². The smallest absolute Gasteiger partial charge is 0.254 e. The predicted molar refractivity (Wildman–Crippen MR) is 68.3 cm³/mol. The summed E-state index contributed by atoms with van der Waals surface area (Å²) in [5, 5.41) is 0. The van der Waals surface area contributed by atoms with Crippen LogP contribution in [0.1, 0.15) is 46.9 Å². The van der Waals surface area contributed by atoms with E-state index in [-0.39, 0.29) is 5.91 Å². The van der Waals surface area contributed by atoms with Gasteiger partial charge in [0, 0.05) is 19.2 Å². The number of hydrogen-bond acceptors (Lipinski definition) is 2. The molecule has 3 nitrogen and oxygen atoms in total. The summed E-state index contributed by atoms with van der Waals surface area (Å²) in [5.74, 6) is -0.0798. The zero-order chi connectivity index (χ0) is 12.7. The van der Waals surface area contributed by atoms with Crippen LogP contribution in [-0.4, -0.2) is 30.7 Å². The van der Waals surface area contributed by atoms with E-state index >= 15 is 0 Å². The van der Waals surface area contributed by atoms with Crippen molar-refractivity contribution in [3.05, 3.63) is 35.4 Å². The second kappa shape index (κ2) is 6.84. The summed E-state index contributed by atoms with van der Waals surface area (Å²) in [6.45, 7) is 2.86. The highest BCUT2D eigenvalue weighted by molar-refractivity contribution is 6.01.